The van der Waals surface area contributed by atoms with Gasteiger partial charge < -0.3 is 15.1 Å². The molecule has 0 aliphatic heterocycles. The lowest BCUT2D eigenvalue weighted by Crippen LogP contribution is -2.26. The molecule has 1 aromatic rings. The van der Waals surface area contributed by atoms with Crippen molar-refractivity contribution >= 4 is 5.69 Å². The second-order valence-corrected chi connectivity index (χ2v) is 3.27. The van der Waals surface area contributed by atoms with Crippen molar-refractivity contribution in [2.24, 2.45) is 0 Å². The smallest absolute Gasteiger partial charge is 0.118 e. The monoisotopic (exact) mass is 195 g/mol. The summed E-state index contributed by atoms with van der Waals surface area (Å²) in [6.07, 6.45) is 0. The molecule has 3 nitrogen and oxygen atoms in total. The van der Waals surface area contributed by atoms with Gasteiger partial charge in [0.05, 0.1) is 6.61 Å². The first kappa shape index (κ1) is 10.9. The zero-order chi connectivity index (χ0) is 10.6. The highest BCUT2D eigenvalue weighted by Crippen LogP contribution is 2.22. The van der Waals surface area contributed by atoms with Crippen LogP contribution in [0.3, 0.4) is 0 Å². The number of phenols is 1. The molecule has 0 aliphatic carbocycles. The number of nitrogens with zero attached hydrogens (tertiary/aromatic N) is 1. The number of rotatable bonds is 4. The third kappa shape index (κ3) is 2.39. The molecule has 0 saturated heterocycles. The average Bonchev–Trinajstić information content (AvgIpc) is 2.19. The molecule has 78 valence electrons. The van der Waals surface area contributed by atoms with Gasteiger partial charge in [0, 0.05) is 18.8 Å². The van der Waals surface area contributed by atoms with Gasteiger partial charge in [-0.1, -0.05) is 0 Å². The maximum Gasteiger partial charge on any atom is 0.118 e. The molecule has 1 rings (SSSR count). The second-order valence-electron chi connectivity index (χ2n) is 3.27. The number of likely N-dealkylation sites (N-methyl/N-ethyl adjacent to an activating group) is 1. The normalized spacial score (nSPS) is 10.2. The van der Waals surface area contributed by atoms with Gasteiger partial charge in [-0.2, -0.15) is 0 Å². The Balaban J connectivity index is 2.88. The fraction of sp³-hybridized carbons (Fsp3) is 0.455. The molecule has 0 spiro atoms. The van der Waals surface area contributed by atoms with Crippen LogP contribution in [-0.4, -0.2) is 29.9 Å². The van der Waals surface area contributed by atoms with E-state index in [1.165, 1.54) is 0 Å². The molecule has 0 radical (unpaired) electrons. The highest BCUT2D eigenvalue weighted by Gasteiger charge is 2.04. The number of aliphatic hydroxyl groups excluding tert-OH is 1. The zero-order valence-electron chi connectivity index (χ0n) is 8.70. The summed E-state index contributed by atoms with van der Waals surface area (Å²) >= 11 is 0. The van der Waals surface area contributed by atoms with E-state index >= 15 is 0 Å². The summed E-state index contributed by atoms with van der Waals surface area (Å²) < 4.78 is 0. The molecule has 0 saturated carbocycles. The van der Waals surface area contributed by atoms with E-state index in [2.05, 4.69) is 4.90 Å². The maximum absolute atomic E-state index is 9.36. The summed E-state index contributed by atoms with van der Waals surface area (Å²) in [5.41, 5.74) is 1.90. The predicted molar refractivity (Wildman–Crippen MR) is 57.8 cm³/mol. The fourth-order valence-corrected chi connectivity index (χ4v) is 1.43. The van der Waals surface area contributed by atoms with Crippen molar-refractivity contribution in [3.8, 4) is 5.75 Å². The van der Waals surface area contributed by atoms with E-state index in [9.17, 15) is 5.11 Å². The number of aryl methyl sites for hydroxylation is 1. The van der Waals surface area contributed by atoms with Gasteiger partial charge in [-0.05, 0) is 37.6 Å². The number of anilines is 1. The van der Waals surface area contributed by atoms with Crippen LogP contribution < -0.4 is 4.90 Å². The molecule has 0 bridgehead atoms. The molecule has 0 unspecified atom stereocenters. The number of phenolic OH excluding ortho intramolecular Hbond substituents is 1. The van der Waals surface area contributed by atoms with E-state index in [4.69, 9.17) is 5.11 Å². The third-order valence-electron chi connectivity index (χ3n) is 2.30. The van der Waals surface area contributed by atoms with Crippen LogP contribution in [-0.2, 0) is 0 Å². The fourth-order valence-electron chi connectivity index (χ4n) is 1.43. The quantitative estimate of drug-likeness (QED) is 0.765. The Morgan fingerprint density at radius 3 is 2.57 bits per heavy atom. The Morgan fingerprint density at radius 2 is 2.07 bits per heavy atom. The first-order valence-corrected chi connectivity index (χ1v) is 4.84. The largest absolute Gasteiger partial charge is 0.508 e. The van der Waals surface area contributed by atoms with Gasteiger partial charge in [0.25, 0.3) is 0 Å². The molecule has 0 atom stereocenters. The van der Waals surface area contributed by atoms with E-state index < -0.39 is 0 Å². The minimum atomic E-state index is 0.147. The molecule has 3 heteroatoms. The van der Waals surface area contributed by atoms with Crippen molar-refractivity contribution in [1.29, 1.82) is 0 Å². The Labute approximate surface area is 84.6 Å². The van der Waals surface area contributed by atoms with Crippen molar-refractivity contribution in [3.05, 3.63) is 23.8 Å². The topological polar surface area (TPSA) is 43.7 Å². The van der Waals surface area contributed by atoms with E-state index in [0.29, 0.717) is 12.3 Å². The molecule has 0 heterocycles. The van der Waals surface area contributed by atoms with Gasteiger partial charge in [-0.15, -0.1) is 0 Å². The van der Waals surface area contributed by atoms with E-state index in [0.717, 1.165) is 17.8 Å². The van der Waals surface area contributed by atoms with Gasteiger partial charge >= 0.3 is 0 Å². The summed E-state index contributed by atoms with van der Waals surface area (Å²) in [4.78, 5) is 2.06. The SMILES string of the molecule is CCN(CCO)c1ccc(O)c(C)c1. The molecule has 2 N–H and O–H groups in total. The second kappa shape index (κ2) is 4.86. The van der Waals surface area contributed by atoms with Crippen molar-refractivity contribution < 1.29 is 10.2 Å². The van der Waals surface area contributed by atoms with Crippen LogP contribution in [0.2, 0.25) is 0 Å². The first-order chi connectivity index (χ1) is 6.69. The molecule has 14 heavy (non-hydrogen) atoms. The number of hydrogen-bond donors (Lipinski definition) is 2. The van der Waals surface area contributed by atoms with E-state index in [1.54, 1.807) is 6.07 Å². The highest BCUT2D eigenvalue weighted by molar-refractivity contribution is 5.52. The molecular formula is C11H17NO2. The van der Waals surface area contributed by atoms with Crippen molar-refractivity contribution in [2.75, 3.05) is 24.6 Å². The summed E-state index contributed by atoms with van der Waals surface area (Å²) in [6.45, 7) is 5.53. The first-order valence-electron chi connectivity index (χ1n) is 4.84. The minimum Gasteiger partial charge on any atom is -0.508 e. The molecule has 1 aromatic carbocycles. The Hall–Kier alpha value is -1.22. The van der Waals surface area contributed by atoms with Crippen molar-refractivity contribution in [3.63, 3.8) is 0 Å². The van der Waals surface area contributed by atoms with Crippen LogP contribution in [0, 0.1) is 6.92 Å². The van der Waals surface area contributed by atoms with E-state index in [1.807, 2.05) is 26.0 Å². The highest BCUT2D eigenvalue weighted by atomic mass is 16.3. The standard InChI is InChI=1S/C11H17NO2/c1-3-12(6-7-13)10-4-5-11(14)9(2)8-10/h4-5,8,13-14H,3,6-7H2,1-2H3. The third-order valence-corrected chi connectivity index (χ3v) is 2.30. The predicted octanol–water partition coefficient (Wildman–Crippen LogP) is 1.52. The number of aliphatic hydroxyl groups is 1. The van der Waals surface area contributed by atoms with Gasteiger partial charge in [0.1, 0.15) is 5.75 Å². The molecule has 0 amide bonds. The Bertz CT molecular complexity index is 299. The Kier molecular flexibility index (Phi) is 3.77. The summed E-state index contributed by atoms with van der Waals surface area (Å²) in [5.74, 6) is 0.314. The minimum absolute atomic E-state index is 0.147. The van der Waals surface area contributed by atoms with Gasteiger partial charge in [0.15, 0.2) is 0 Å². The molecule has 0 fully saturated rings. The number of aromatic hydroxyl groups is 1. The van der Waals surface area contributed by atoms with Crippen LogP contribution in [0.5, 0.6) is 5.75 Å². The van der Waals surface area contributed by atoms with Gasteiger partial charge in [0.2, 0.25) is 0 Å². The van der Waals surface area contributed by atoms with Gasteiger partial charge in [-0.25, -0.2) is 0 Å². The Morgan fingerprint density at radius 1 is 1.36 bits per heavy atom. The van der Waals surface area contributed by atoms with Crippen molar-refractivity contribution in [1.82, 2.24) is 0 Å². The molecular weight excluding hydrogens is 178 g/mol. The molecule has 0 aliphatic rings. The van der Waals surface area contributed by atoms with Crippen LogP contribution in [0.4, 0.5) is 5.69 Å². The number of hydrogen-bond acceptors (Lipinski definition) is 3. The van der Waals surface area contributed by atoms with Crippen LogP contribution >= 0.6 is 0 Å². The summed E-state index contributed by atoms with van der Waals surface area (Å²) in [7, 11) is 0. The number of benzene rings is 1. The lowest BCUT2D eigenvalue weighted by Gasteiger charge is -2.22. The summed E-state index contributed by atoms with van der Waals surface area (Å²) in [6, 6.07) is 5.47. The maximum atomic E-state index is 9.36. The average molecular weight is 195 g/mol. The van der Waals surface area contributed by atoms with Crippen molar-refractivity contribution in [2.45, 2.75) is 13.8 Å². The van der Waals surface area contributed by atoms with Crippen LogP contribution in [0.25, 0.3) is 0 Å². The van der Waals surface area contributed by atoms with Gasteiger partial charge in [-0.3, -0.25) is 0 Å². The van der Waals surface area contributed by atoms with E-state index in [-0.39, 0.29) is 6.61 Å². The lowest BCUT2D eigenvalue weighted by atomic mass is 10.2. The lowest BCUT2D eigenvalue weighted by molar-refractivity contribution is 0.302. The summed E-state index contributed by atoms with van der Waals surface area (Å²) in [5, 5.41) is 18.2. The van der Waals surface area contributed by atoms with Crippen LogP contribution in [0.15, 0.2) is 18.2 Å². The van der Waals surface area contributed by atoms with Crippen LogP contribution in [0.1, 0.15) is 12.5 Å². The molecule has 0 aromatic heterocycles. The zero-order valence-corrected chi connectivity index (χ0v) is 8.70.